The van der Waals surface area contributed by atoms with Crippen LogP contribution in [0, 0.1) is 10.1 Å². The number of ether oxygens (including phenoxy) is 1. The van der Waals surface area contributed by atoms with Crippen molar-refractivity contribution >= 4 is 74.9 Å². The maximum absolute atomic E-state index is 13.0. The number of amides is 1. The number of furan rings is 1. The van der Waals surface area contributed by atoms with Gasteiger partial charge in [0.25, 0.3) is 11.6 Å². The summed E-state index contributed by atoms with van der Waals surface area (Å²) >= 11 is 18.6. The van der Waals surface area contributed by atoms with Gasteiger partial charge in [0.1, 0.15) is 17.3 Å². The van der Waals surface area contributed by atoms with Crippen LogP contribution >= 0.6 is 47.2 Å². The Kier molecular flexibility index (Phi) is 6.25. The van der Waals surface area contributed by atoms with Crippen molar-refractivity contribution in [1.29, 1.82) is 0 Å². The molecular weight excluding hydrogens is 495 g/mol. The summed E-state index contributed by atoms with van der Waals surface area (Å²) in [6.45, 7) is 0. The molecule has 0 saturated carbocycles. The quantitative estimate of drug-likeness (QED) is 0.167. The van der Waals surface area contributed by atoms with Gasteiger partial charge in [-0.2, -0.15) is 0 Å². The van der Waals surface area contributed by atoms with Gasteiger partial charge in [0.05, 0.1) is 39.3 Å². The van der Waals surface area contributed by atoms with Crippen molar-refractivity contribution in [3.05, 3.63) is 79.4 Å². The molecule has 0 N–H and O–H groups in total. The predicted molar refractivity (Wildman–Crippen MR) is 129 cm³/mol. The summed E-state index contributed by atoms with van der Waals surface area (Å²) in [6.07, 6.45) is 1.53. The molecule has 1 fully saturated rings. The van der Waals surface area contributed by atoms with Crippen LogP contribution in [0.25, 0.3) is 17.4 Å². The lowest BCUT2D eigenvalue weighted by molar-refractivity contribution is -0.384. The fraction of sp³-hybridized carbons (Fsp3) is 0.0476. The molecule has 0 atom stereocenters. The Labute approximate surface area is 201 Å². The van der Waals surface area contributed by atoms with E-state index in [1.807, 2.05) is 0 Å². The zero-order chi connectivity index (χ0) is 23.0. The number of anilines is 1. The van der Waals surface area contributed by atoms with Crippen molar-refractivity contribution in [3.63, 3.8) is 0 Å². The minimum Gasteiger partial charge on any atom is -0.497 e. The predicted octanol–water partition coefficient (Wildman–Crippen LogP) is 6.58. The molecule has 2 aromatic carbocycles. The minimum absolute atomic E-state index is 0.158. The molecule has 0 bridgehead atoms. The number of benzene rings is 2. The fourth-order valence-corrected chi connectivity index (χ4v) is 4.80. The topological polar surface area (TPSA) is 85.8 Å². The Bertz CT molecular complexity index is 1310. The van der Waals surface area contributed by atoms with Gasteiger partial charge in [-0.1, -0.05) is 47.2 Å². The summed E-state index contributed by atoms with van der Waals surface area (Å²) in [7, 11) is 1.43. The van der Waals surface area contributed by atoms with Crippen LogP contribution in [0.1, 0.15) is 5.76 Å². The maximum Gasteiger partial charge on any atom is 0.284 e. The van der Waals surface area contributed by atoms with Gasteiger partial charge < -0.3 is 9.15 Å². The van der Waals surface area contributed by atoms with E-state index in [1.165, 1.54) is 30.2 Å². The highest BCUT2D eigenvalue weighted by molar-refractivity contribution is 8.27. The van der Waals surface area contributed by atoms with Crippen molar-refractivity contribution in [3.8, 4) is 17.1 Å². The van der Waals surface area contributed by atoms with E-state index in [0.717, 1.165) is 11.8 Å². The Morgan fingerprint density at radius 2 is 1.97 bits per heavy atom. The third-order valence-electron chi connectivity index (χ3n) is 4.51. The van der Waals surface area contributed by atoms with Gasteiger partial charge in [0.15, 0.2) is 4.32 Å². The van der Waals surface area contributed by atoms with Crippen LogP contribution in [0.15, 0.2) is 57.9 Å². The van der Waals surface area contributed by atoms with Gasteiger partial charge in [-0.25, -0.2) is 0 Å². The number of carbonyl (C=O) groups is 1. The van der Waals surface area contributed by atoms with Crippen molar-refractivity contribution in [2.75, 3.05) is 12.0 Å². The number of halogens is 2. The number of nitro benzene ring substituents is 1. The van der Waals surface area contributed by atoms with Crippen LogP contribution in [-0.2, 0) is 4.79 Å². The average Bonchev–Trinajstić information content (AvgIpc) is 3.32. The molecule has 1 saturated heterocycles. The second-order valence-corrected chi connectivity index (χ2v) is 8.97. The van der Waals surface area contributed by atoms with Crippen molar-refractivity contribution in [2.24, 2.45) is 0 Å². The van der Waals surface area contributed by atoms with E-state index in [-0.39, 0.29) is 22.9 Å². The lowest BCUT2D eigenvalue weighted by Gasteiger charge is -2.16. The lowest BCUT2D eigenvalue weighted by atomic mass is 10.1. The number of hydrogen-bond donors (Lipinski definition) is 0. The first-order valence-electron chi connectivity index (χ1n) is 8.94. The standard InChI is InChI=1S/C21H12Cl2N2O5S2/c1-29-12-3-5-14(17(9-12)25(27)28)18-7-4-13(30-18)10-19-20(26)24(21(31)32-19)16-6-2-11(22)8-15(16)23/h2-10H,1H3/b19-10-. The third-order valence-corrected chi connectivity index (χ3v) is 6.35. The van der Waals surface area contributed by atoms with Gasteiger partial charge in [-0.3, -0.25) is 19.8 Å². The first kappa shape index (κ1) is 22.3. The maximum atomic E-state index is 13.0. The number of nitro groups is 1. The van der Waals surface area contributed by atoms with E-state index in [0.29, 0.717) is 36.5 Å². The summed E-state index contributed by atoms with van der Waals surface area (Å²) in [6, 6.07) is 12.4. The van der Waals surface area contributed by atoms with E-state index in [9.17, 15) is 14.9 Å². The Morgan fingerprint density at radius 3 is 2.66 bits per heavy atom. The van der Waals surface area contributed by atoms with Crippen LogP contribution < -0.4 is 9.64 Å². The molecule has 162 valence electrons. The molecule has 7 nitrogen and oxygen atoms in total. The van der Waals surface area contributed by atoms with Gasteiger partial charge in [0, 0.05) is 11.1 Å². The molecular formula is C21H12Cl2N2O5S2. The Morgan fingerprint density at radius 1 is 1.19 bits per heavy atom. The first-order chi connectivity index (χ1) is 15.3. The number of nitrogens with zero attached hydrogens (tertiary/aromatic N) is 2. The fourth-order valence-electron chi connectivity index (χ4n) is 3.04. The molecule has 0 aliphatic carbocycles. The smallest absolute Gasteiger partial charge is 0.284 e. The Balaban J connectivity index is 1.65. The van der Waals surface area contributed by atoms with E-state index in [4.69, 9.17) is 44.6 Å². The number of thiocarbonyl (C=S) groups is 1. The van der Waals surface area contributed by atoms with Crippen molar-refractivity contribution in [1.82, 2.24) is 0 Å². The summed E-state index contributed by atoms with van der Waals surface area (Å²) < 4.78 is 11.1. The number of hydrogen-bond acceptors (Lipinski definition) is 7. The molecule has 1 aliphatic heterocycles. The van der Waals surface area contributed by atoms with Crippen LogP contribution in [0.2, 0.25) is 10.0 Å². The van der Waals surface area contributed by atoms with E-state index in [2.05, 4.69) is 0 Å². The highest BCUT2D eigenvalue weighted by atomic mass is 35.5. The molecule has 1 amide bonds. The van der Waals surface area contributed by atoms with Crippen LogP contribution in [0.4, 0.5) is 11.4 Å². The van der Waals surface area contributed by atoms with E-state index < -0.39 is 4.92 Å². The molecule has 1 aromatic heterocycles. The highest BCUT2D eigenvalue weighted by Crippen LogP contribution is 2.40. The number of rotatable bonds is 5. The molecule has 11 heteroatoms. The molecule has 2 heterocycles. The van der Waals surface area contributed by atoms with Crippen LogP contribution in [0.5, 0.6) is 5.75 Å². The SMILES string of the molecule is COc1ccc(-c2ccc(/C=C3\SC(=S)N(c4ccc(Cl)cc4Cl)C3=O)o2)c([N+](=O)[O-])c1. The molecule has 0 spiro atoms. The minimum atomic E-state index is -0.513. The molecule has 4 rings (SSSR count). The Hall–Kier alpha value is -2.85. The molecule has 0 unspecified atom stereocenters. The summed E-state index contributed by atoms with van der Waals surface area (Å²) in [4.78, 5) is 25.6. The molecule has 1 aliphatic rings. The van der Waals surface area contributed by atoms with Gasteiger partial charge in [0.2, 0.25) is 0 Å². The third kappa shape index (κ3) is 4.24. The molecule has 32 heavy (non-hydrogen) atoms. The zero-order valence-corrected chi connectivity index (χ0v) is 19.3. The largest absolute Gasteiger partial charge is 0.497 e. The number of carbonyl (C=O) groups excluding carboxylic acids is 1. The zero-order valence-electron chi connectivity index (χ0n) is 16.2. The molecule has 0 radical (unpaired) electrons. The van der Waals surface area contributed by atoms with Gasteiger partial charge >= 0.3 is 0 Å². The summed E-state index contributed by atoms with van der Waals surface area (Å²) in [5.74, 6) is 0.615. The van der Waals surface area contributed by atoms with Crippen molar-refractivity contribution < 1.29 is 18.9 Å². The first-order valence-corrected chi connectivity index (χ1v) is 10.9. The second kappa shape index (κ2) is 8.95. The van der Waals surface area contributed by atoms with Gasteiger partial charge in [-0.15, -0.1) is 0 Å². The normalized spacial score (nSPS) is 15.0. The summed E-state index contributed by atoms with van der Waals surface area (Å²) in [5, 5.41) is 12.2. The van der Waals surface area contributed by atoms with Crippen LogP contribution in [-0.4, -0.2) is 22.3 Å². The highest BCUT2D eigenvalue weighted by Gasteiger charge is 2.34. The van der Waals surface area contributed by atoms with Gasteiger partial charge in [-0.05, 0) is 42.5 Å². The summed E-state index contributed by atoms with van der Waals surface area (Å²) in [5.41, 5.74) is 0.556. The van der Waals surface area contributed by atoms with Crippen LogP contribution in [0.3, 0.4) is 0 Å². The number of methoxy groups -OCH3 is 1. The second-order valence-electron chi connectivity index (χ2n) is 6.46. The van der Waals surface area contributed by atoms with E-state index >= 15 is 0 Å². The molecule has 3 aromatic rings. The van der Waals surface area contributed by atoms with Crippen molar-refractivity contribution in [2.45, 2.75) is 0 Å². The monoisotopic (exact) mass is 506 g/mol. The van der Waals surface area contributed by atoms with E-state index in [1.54, 1.807) is 36.4 Å². The number of thioether (sulfide) groups is 1. The lowest BCUT2D eigenvalue weighted by Crippen LogP contribution is -2.27. The average molecular weight is 507 g/mol.